The second kappa shape index (κ2) is 5.54. The second-order valence-corrected chi connectivity index (χ2v) is 5.22. The van der Waals surface area contributed by atoms with Crippen molar-refractivity contribution in [3.8, 4) is 0 Å². The molecule has 0 bridgehead atoms. The van der Waals surface area contributed by atoms with E-state index in [1.165, 1.54) is 0 Å². The molecule has 0 unspecified atom stereocenters. The summed E-state index contributed by atoms with van der Waals surface area (Å²) in [5.41, 5.74) is 2.98. The fraction of sp³-hybridized carbons (Fsp3) is 0.615. The molecule has 1 aromatic rings. The Morgan fingerprint density at radius 3 is 2.67 bits per heavy atom. The number of nitrogens with one attached hydrogen (secondary N) is 1. The molecule has 0 aromatic carbocycles. The normalized spacial score (nSPS) is 11.9. The second-order valence-electron chi connectivity index (χ2n) is 5.22. The summed E-state index contributed by atoms with van der Waals surface area (Å²) in [4.78, 5) is 13.6. The summed E-state index contributed by atoms with van der Waals surface area (Å²) in [6, 6.07) is 1.88. The van der Waals surface area contributed by atoms with Crippen LogP contribution in [0.2, 0.25) is 0 Å². The van der Waals surface area contributed by atoms with Gasteiger partial charge in [0.05, 0.1) is 6.54 Å². The van der Waals surface area contributed by atoms with Gasteiger partial charge in [0.25, 0.3) is 0 Å². The van der Waals surface area contributed by atoms with Crippen molar-refractivity contribution < 1.29 is 9.21 Å². The summed E-state index contributed by atoms with van der Waals surface area (Å²) in [5.74, 6) is 5.77. The van der Waals surface area contributed by atoms with E-state index in [0.29, 0.717) is 6.54 Å². The number of carbonyl (C=O) groups is 1. The largest absolute Gasteiger partial charge is 0.454 e. The van der Waals surface area contributed by atoms with E-state index < -0.39 is 5.91 Å². The quantitative estimate of drug-likeness (QED) is 0.477. The fourth-order valence-electron chi connectivity index (χ4n) is 1.63. The Morgan fingerprint density at radius 2 is 2.17 bits per heavy atom. The Hall–Kier alpha value is -1.33. The maximum Gasteiger partial charge on any atom is 0.301 e. The highest BCUT2D eigenvalue weighted by atomic mass is 16.4. The fourth-order valence-corrected chi connectivity index (χ4v) is 1.63. The molecule has 1 heterocycles. The van der Waals surface area contributed by atoms with Crippen molar-refractivity contribution >= 4 is 5.91 Å². The van der Waals surface area contributed by atoms with Crippen LogP contribution >= 0.6 is 0 Å². The Morgan fingerprint density at radius 1 is 1.56 bits per heavy atom. The third kappa shape index (κ3) is 3.11. The zero-order chi connectivity index (χ0) is 13.9. The van der Waals surface area contributed by atoms with Crippen LogP contribution in [0.25, 0.3) is 0 Å². The maximum atomic E-state index is 11.4. The molecule has 0 spiro atoms. The van der Waals surface area contributed by atoms with E-state index >= 15 is 0 Å². The highest BCUT2D eigenvalue weighted by Gasteiger charge is 2.23. The van der Waals surface area contributed by atoms with Gasteiger partial charge in [0.2, 0.25) is 0 Å². The van der Waals surface area contributed by atoms with Crippen molar-refractivity contribution in [1.29, 1.82) is 0 Å². The predicted octanol–water partition coefficient (Wildman–Crippen LogP) is 1.81. The molecule has 1 amide bonds. The Kier molecular flexibility index (Phi) is 4.53. The highest BCUT2D eigenvalue weighted by Crippen LogP contribution is 2.21. The van der Waals surface area contributed by atoms with Crippen LogP contribution in [-0.4, -0.2) is 23.4 Å². The molecule has 0 atom stereocenters. The average Bonchev–Trinajstić information content (AvgIpc) is 2.69. The molecule has 0 aliphatic heterocycles. The average molecular weight is 253 g/mol. The molecule has 0 saturated carbocycles. The molecule has 0 aliphatic rings. The van der Waals surface area contributed by atoms with Gasteiger partial charge >= 0.3 is 5.91 Å². The van der Waals surface area contributed by atoms with Crippen LogP contribution in [0, 0.1) is 6.92 Å². The summed E-state index contributed by atoms with van der Waals surface area (Å²) in [7, 11) is 2.05. The molecular formula is C13H23N3O2. The SMILES string of the molecule is CCC(C)(C)N(C)Cc1cc(C)c(C(=O)NN)o1. The first-order valence-corrected chi connectivity index (χ1v) is 6.13. The lowest BCUT2D eigenvalue weighted by Crippen LogP contribution is -2.39. The zero-order valence-electron chi connectivity index (χ0n) is 11.8. The zero-order valence-corrected chi connectivity index (χ0v) is 11.8. The van der Waals surface area contributed by atoms with Gasteiger partial charge < -0.3 is 4.42 Å². The Balaban J connectivity index is 2.84. The topological polar surface area (TPSA) is 71.5 Å². The highest BCUT2D eigenvalue weighted by molar-refractivity contribution is 5.92. The van der Waals surface area contributed by atoms with E-state index in [-0.39, 0.29) is 11.3 Å². The van der Waals surface area contributed by atoms with Gasteiger partial charge in [-0.15, -0.1) is 0 Å². The first kappa shape index (κ1) is 14.7. The molecule has 0 radical (unpaired) electrons. The van der Waals surface area contributed by atoms with E-state index in [1.54, 1.807) is 0 Å². The third-order valence-electron chi connectivity index (χ3n) is 3.60. The van der Waals surface area contributed by atoms with Gasteiger partial charge in [-0.2, -0.15) is 0 Å². The van der Waals surface area contributed by atoms with Crippen LogP contribution in [0.3, 0.4) is 0 Å². The number of hydrazine groups is 1. The van der Waals surface area contributed by atoms with Crippen LogP contribution in [-0.2, 0) is 6.54 Å². The summed E-state index contributed by atoms with van der Waals surface area (Å²) in [6.45, 7) is 9.01. The summed E-state index contributed by atoms with van der Waals surface area (Å²) < 4.78 is 5.54. The number of hydrogen-bond acceptors (Lipinski definition) is 4. The van der Waals surface area contributed by atoms with E-state index in [0.717, 1.165) is 17.7 Å². The van der Waals surface area contributed by atoms with Crippen LogP contribution < -0.4 is 11.3 Å². The lowest BCUT2D eigenvalue weighted by molar-refractivity contribution is 0.0916. The first-order valence-electron chi connectivity index (χ1n) is 6.13. The van der Waals surface area contributed by atoms with E-state index in [4.69, 9.17) is 10.3 Å². The lowest BCUT2D eigenvalue weighted by Gasteiger charge is -2.34. The van der Waals surface area contributed by atoms with Crippen molar-refractivity contribution in [3.63, 3.8) is 0 Å². The smallest absolute Gasteiger partial charge is 0.301 e. The maximum absolute atomic E-state index is 11.4. The molecule has 102 valence electrons. The molecule has 1 aromatic heterocycles. The molecule has 0 aliphatic carbocycles. The number of nitrogens with zero attached hydrogens (tertiary/aromatic N) is 1. The van der Waals surface area contributed by atoms with Crippen LogP contribution in [0.4, 0.5) is 0 Å². The van der Waals surface area contributed by atoms with Crippen LogP contribution in [0.15, 0.2) is 10.5 Å². The number of furan rings is 1. The standard InChI is InChI=1S/C13H23N3O2/c1-6-13(3,4)16(5)8-10-7-9(2)11(18-10)12(17)15-14/h7H,6,8,14H2,1-5H3,(H,15,17). The number of aryl methyl sites for hydroxylation is 1. The monoisotopic (exact) mass is 253 g/mol. The first-order chi connectivity index (χ1) is 8.31. The van der Waals surface area contributed by atoms with Gasteiger partial charge in [0, 0.05) is 11.1 Å². The Labute approximate surface area is 108 Å². The number of nitrogens with two attached hydrogens (primary N) is 1. The molecule has 0 fully saturated rings. The van der Waals surface area contributed by atoms with Crippen LogP contribution in [0.5, 0.6) is 0 Å². The van der Waals surface area contributed by atoms with Crippen molar-refractivity contribution in [3.05, 3.63) is 23.2 Å². The molecule has 3 N–H and O–H groups in total. The van der Waals surface area contributed by atoms with Gasteiger partial charge in [0.1, 0.15) is 5.76 Å². The molecule has 5 heteroatoms. The van der Waals surface area contributed by atoms with Crippen LogP contribution in [0.1, 0.15) is 49.1 Å². The molecule has 1 rings (SSSR count). The number of nitrogen functional groups attached to an aromatic ring is 1. The van der Waals surface area contributed by atoms with E-state index in [2.05, 4.69) is 31.1 Å². The van der Waals surface area contributed by atoms with Crippen molar-refractivity contribution in [2.24, 2.45) is 5.84 Å². The van der Waals surface area contributed by atoms with Gasteiger partial charge in [-0.3, -0.25) is 15.1 Å². The van der Waals surface area contributed by atoms with E-state index in [1.807, 2.05) is 20.0 Å². The summed E-state index contributed by atoms with van der Waals surface area (Å²) in [5, 5.41) is 0. The van der Waals surface area contributed by atoms with Gasteiger partial charge in [0.15, 0.2) is 5.76 Å². The molecule has 18 heavy (non-hydrogen) atoms. The number of rotatable bonds is 5. The summed E-state index contributed by atoms with van der Waals surface area (Å²) >= 11 is 0. The minimum absolute atomic E-state index is 0.0942. The van der Waals surface area contributed by atoms with Gasteiger partial charge in [-0.1, -0.05) is 6.92 Å². The van der Waals surface area contributed by atoms with Crippen molar-refractivity contribution in [1.82, 2.24) is 10.3 Å². The summed E-state index contributed by atoms with van der Waals surface area (Å²) in [6.07, 6.45) is 1.04. The number of amides is 1. The molecule has 0 saturated heterocycles. The van der Waals surface area contributed by atoms with Crippen molar-refractivity contribution in [2.75, 3.05) is 7.05 Å². The number of hydrogen-bond donors (Lipinski definition) is 2. The van der Waals surface area contributed by atoms with Gasteiger partial charge in [-0.25, -0.2) is 5.84 Å². The Bertz CT molecular complexity index is 424. The lowest BCUT2D eigenvalue weighted by atomic mass is 10.00. The molecular weight excluding hydrogens is 230 g/mol. The van der Waals surface area contributed by atoms with Gasteiger partial charge in [-0.05, 0) is 40.3 Å². The third-order valence-corrected chi connectivity index (χ3v) is 3.60. The van der Waals surface area contributed by atoms with Crippen molar-refractivity contribution in [2.45, 2.75) is 46.2 Å². The minimum Gasteiger partial charge on any atom is -0.454 e. The molecule has 5 nitrogen and oxygen atoms in total. The number of carbonyl (C=O) groups excluding carboxylic acids is 1. The predicted molar refractivity (Wildman–Crippen MR) is 70.9 cm³/mol. The van der Waals surface area contributed by atoms with E-state index in [9.17, 15) is 4.79 Å². The minimum atomic E-state index is -0.392.